The van der Waals surface area contributed by atoms with Crippen LogP contribution in [-0.2, 0) is 4.79 Å². The molecule has 2 N–H and O–H groups in total. The van der Waals surface area contributed by atoms with Crippen molar-refractivity contribution in [2.45, 2.75) is 19.4 Å². The zero-order valence-corrected chi connectivity index (χ0v) is 15.5. The van der Waals surface area contributed by atoms with E-state index < -0.39 is 17.9 Å². The maximum atomic E-state index is 12.6. The molecule has 0 bridgehead atoms. The number of rotatable bonds is 9. The van der Waals surface area contributed by atoms with Crippen molar-refractivity contribution in [1.29, 1.82) is 0 Å². The van der Waals surface area contributed by atoms with Gasteiger partial charge in [0.1, 0.15) is 5.75 Å². The quantitative estimate of drug-likeness (QED) is 0.702. The van der Waals surface area contributed by atoms with Crippen LogP contribution in [0.25, 0.3) is 0 Å². The number of amides is 1. The van der Waals surface area contributed by atoms with Crippen LogP contribution in [0.1, 0.15) is 35.3 Å². The van der Waals surface area contributed by atoms with Crippen LogP contribution in [0.3, 0.4) is 0 Å². The van der Waals surface area contributed by atoms with E-state index in [1.807, 2.05) is 6.92 Å². The smallest absolute Gasteiger partial charge is 0.305 e. The van der Waals surface area contributed by atoms with Crippen molar-refractivity contribution in [3.05, 3.63) is 53.6 Å². The molecule has 0 heterocycles. The molecular weight excluding hydrogens is 350 g/mol. The number of carboxylic acid groups (broad SMARTS) is 1. The summed E-state index contributed by atoms with van der Waals surface area (Å²) in [4.78, 5) is 23.9. The molecule has 2 rings (SSSR count). The van der Waals surface area contributed by atoms with Crippen molar-refractivity contribution in [2.75, 3.05) is 20.8 Å². The summed E-state index contributed by atoms with van der Waals surface area (Å²) in [5, 5.41) is 12.0. The van der Waals surface area contributed by atoms with E-state index in [0.717, 1.165) is 0 Å². The highest BCUT2D eigenvalue weighted by atomic mass is 16.5. The van der Waals surface area contributed by atoms with Crippen LogP contribution >= 0.6 is 0 Å². The third-order valence-corrected chi connectivity index (χ3v) is 3.90. The molecule has 144 valence electrons. The molecular formula is C20H23NO6. The fraction of sp³-hybridized carbons (Fsp3) is 0.300. The second kappa shape index (κ2) is 9.47. The lowest BCUT2D eigenvalue weighted by atomic mass is 10.0. The van der Waals surface area contributed by atoms with Gasteiger partial charge in [-0.3, -0.25) is 9.59 Å². The maximum absolute atomic E-state index is 12.6. The fourth-order valence-electron chi connectivity index (χ4n) is 2.63. The molecule has 1 atom stereocenters. The minimum absolute atomic E-state index is 0.271. The van der Waals surface area contributed by atoms with Crippen LogP contribution in [0.4, 0.5) is 0 Å². The van der Waals surface area contributed by atoms with E-state index in [4.69, 9.17) is 14.2 Å². The SMILES string of the molecule is CCOc1cccc(C(=O)NC(CC(=O)O)c2ccc(OC)c(OC)c2)c1. The summed E-state index contributed by atoms with van der Waals surface area (Å²) in [5.41, 5.74) is 0.987. The lowest BCUT2D eigenvalue weighted by molar-refractivity contribution is -0.137. The van der Waals surface area contributed by atoms with Crippen molar-refractivity contribution in [2.24, 2.45) is 0 Å². The average molecular weight is 373 g/mol. The minimum Gasteiger partial charge on any atom is -0.494 e. The lowest BCUT2D eigenvalue weighted by Gasteiger charge is -2.19. The number of methoxy groups -OCH3 is 2. The van der Waals surface area contributed by atoms with E-state index in [0.29, 0.717) is 35.0 Å². The van der Waals surface area contributed by atoms with Crippen LogP contribution < -0.4 is 19.5 Å². The summed E-state index contributed by atoms with van der Waals surface area (Å²) in [7, 11) is 3.01. The lowest BCUT2D eigenvalue weighted by Crippen LogP contribution is -2.30. The summed E-state index contributed by atoms with van der Waals surface area (Å²) < 4.78 is 15.9. The van der Waals surface area contributed by atoms with Gasteiger partial charge < -0.3 is 24.6 Å². The molecule has 0 saturated carbocycles. The van der Waals surface area contributed by atoms with Gasteiger partial charge in [0.2, 0.25) is 0 Å². The third-order valence-electron chi connectivity index (χ3n) is 3.90. The molecule has 0 aliphatic rings. The second-order valence-electron chi connectivity index (χ2n) is 5.70. The van der Waals surface area contributed by atoms with E-state index in [1.54, 1.807) is 42.5 Å². The first kappa shape index (κ1) is 20.1. The average Bonchev–Trinajstić information content (AvgIpc) is 2.67. The Morgan fingerprint density at radius 1 is 1.07 bits per heavy atom. The van der Waals surface area contributed by atoms with Gasteiger partial charge in [-0.05, 0) is 42.8 Å². The zero-order chi connectivity index (χ0) is 19.8. The number of hydrogen-bond donors (Lipinski definition) is 2. The van der Waals surface area contributed by atoms with Crippen molar-refractivity contribution < 1.29 is 28.9 Å². The van der Waals surface area contributed by atoms with E-state index >= 15 is 0 Å². The van der Waals surface area contributed by atoms with Crippen molar-refractivity contribution in [1.82, 2.24) is 5.32 Å². The van der Waals surface area contributed by atoms with Crippen molar-refractivity contribution >= 4 is 11.9 Å². The summed E-state index contributed by atoms with van der Waals surface area (Å²) in [6.45, 7) is 2.34. The van der Waals surface area contributed by atoms with Gasteiger partial charge in [0.25, 0.3) is 5.91 Å². The summed E-state index contributed by atoms with van der Waals surface area (Å²) >= 11 is 0. The Labute approximate surface area is 157 Å². The Kier molecular flexibility index (Phi) is 7.05. The molecule has 2 aromatic carbocycles. The number of hydrogen-bond acceptors (Lipinski definition) is 5. The first-order chi connectivity index (χ1) is 13.0. The molecule has 0 radical (unpaired) electrons. The van der Waals surface area contributed by atoms with Crippen LogP contribution in [0.15, 0.2) is 42.5 Å². The summed E-state index contributed by atoms with van der Waals surface area (Å²) in [6, 6.07) is 11.0. The zero-order valence-electron chi connectivity index (χ0n) is 15.5. The molecule has 0 fully saturated rings. The van der Waals surface area contributed by atoms with Crippen LogP contribution in [0.2, 0.25) is 0 Å². The minimum atomic E-state index is -1.03. The first-order valence-corrected chi connectivity index (χ1v) is 8.46. The molecule has 0 spiro atoms. The number of carbonyl (C=O) groups is 2. The molecule has 7 nitrogen and oxygen atoms in total. The van der Waals surface area contributed by atoms with Gasteiger partial charge in [-0.15, -0.1) is 0 Å². The topological polar surface area (TPSA) is 94.1 Å². The summed E-state index contributed by atoms with van der Waals surface area (Å²) in [6.07, 6.45) is -0.271. The second-order valence-corrected chi connectivity index (χ2v) is 5.70. The number of aliphatic carboxylic acids is 1. The van der Waals surface area contributed by atoms with Gasteiger partial charge in [-0.1, -0.05) is 12.1 Å². The Morgan fingerprint density at radius 3 is 2.44 bits per heavy atom. The highest BCUT2D eigenvalue weighted by Gasteiger charge is 2.21. The van der Waals surface area contributed by atoms with E-state index in [-0.39, 0.29) is 6.42 Å². The Morgan fingerprint density at radius 2 is 1.81 bits per heavy atom. The normalized spacial score (nSPS) is 11.4. The number of benzene rings is 2. The Balaban J connectivity index is 2.27. The number of carboxylic acids is 1. The van der Waals surface area contributed by atoms with Crippen LogP contribution in [0.5, 0.6) is 17.2 Å². The van der Waals surface area contributed by atoms with Gasteiger partial charge >= 0.3 is 5.97 Å². The van der Waals surface area contributed by atoms with Crippen LogP contribution in [0, 0.1) is 0 Å². The van der Waals surface area contributed by atoms with Gasteiger partial charge in [0.15, 0.2) is 11.5 Å². The molecule has 1 unspecified atom stereocenters. The fourth-order valence-corrected chi connectivity index (χ4v) is 2.63. The molecule has 0 aliphatic heterocycles. The maximum Gasteiger partial charge on any atom is 0.305 e. The molecule has 27 heavy (non-hydrogen) atoms. The predicted octanol–water partition coefficient (Wildman–Crippen LogP) is 3.05. The number of nitrogens with one attached hydrogen (secondary N) is 1. The highest BCUT2D eigenvalue weighted by Crippen LogP contribution is 2.31. The molecule has 1 amide bonds. The van der Waals surface area contributed by atoms with E-state index in [9.17, 15) is 14.7 Å². The number of carbonyl (C=O) groups excluding carboxylic acids is 1. The van der Waals surface area contributed by atoms with Gasteiger partial charge in [-0.25, -0.2) is 0 Å². The predicted molar refractivity (Wildman–Crippen MR) is 99.6 cm³/mol. The van der Waals surface area contributed by atoms with E-state index in [1.165, 1.54) is 14.2 Å². The Hall–Kier alpha value is -3.22. The van der Waals surface area contributed by atoms with Gasteiger partial charge in [0.05, 0.1) is 33.3 Å². The van der Waals surface area contributed by atoms with Gasteiger partial charge in [-0.2, -0.15) is 0 Å². The molecule has 2 aromatic rings. The largest absolute Gasteiger partial charge is 0.494 e. The van der Waals surface area contributed by atoms with Crippen molar-refractivity contribution in [3.63, 3.8) is 0 Å². The van der Waals surface area contributed by atoms with Crippen molar-refractivity contribution in [3.8, 4) is 17.2 Å². The number of ether oxygens (including phenoxy) is 3. The Bertz CT molecular complexity index is 805. The first-order valence-electron chi connectivity index (χ1n) is 8.46. The summed E-state index contributed by atoms with van der Waals surface area (Å²) in [5.74, 6) is 0.130. The van der Waals surface area contributed by atoms with E-state index in [2.05, 4.69) is 5.32 Å². The van der Waals surface area contributed by atoms with Gasteiger partial charge in [0, 0.05) is 5.56 Å². The standard InChI is InChI=1S/C20H23NO6/c1-4-27-15-7-5-6-14(10-15)20(24)21-16(12-19(22)23)13-8-9-17(25-2)18(11-13)26-3/h5-11,16H,4,12H2,1-3H3,(H,21,24)(H,22,23). The molecule has 0 aliphatic carbocycles. The highest BCUT2D eigenvalue weighted by molar-refractivity contribution is 5.95. The molecule has 0 aromatic heterocycles. The monoisotopic (exact) mass is 373 g/mol. The third kappa shape index (κ3) is 5.37. The molecule has 0 saturated heterocycles. The van der Waals surface area contributed by atoms with Crippen LogP contribution in [-0.4, -0.2) is 37.8 Å². The molecule has 7 heteroatoms.